The van der Waals surface area contributed by atoms with Gasteiger partial charge in [0.2, 0.25) is 17.2 Å². The van der Waals surface area contributed by atoms with Crippen molar-refractivity contribution in [3.05, 3.63) is 5.28 Å². The van der Waals surface area contributed by atoms with E-state index in [-0.39, 0.29) is 5.28 Å². The van der Waals surface area contributed by atoms with E-state index in [1.165, 1.54) is 12.2 Å². The summed E-state index contributed by atoms with van der Waals surface area (Å²) in [5.41, 5.74) is 0. The zero-order valence-corrected chi connectivity index (χ0v) is 13.0. The van der Waals surface area contributed by atoms with Gasteiger partial charge in [-0.15, -0.1) is 0 Å². The first-order valence-electron chi connectivity index (χ1n) is 6.73. The Kier molecular flexibility index (Phi) is 5.51. The summed E-state index contributed by atoms with van der Waals surface area (Å²) in [5.74, 6) is 3.59. The van der Waals surface area contributed by atoms with E-state index in [1.807, 2.05) is 11.8 Å². The number of hydrogen-bond donors (Lipinski definition) is 1. The van der Waals surface area contributed by atoms with Gasteiger partial charge in [-0.25, -0.2) is 0 Å². The minimum atomic E-state index is 0.253. The summed E-state index contributed by atoms with van der Waals surface area (Å²) in [6.45, 7) is 5.86. The molecule has 1 fully saturated rings. The van der Waals surface area contributed by atoms with Gasteiger partial charge in [-0.3, -0.25) is 0 Å². The standard InChI is InChI=1S/C12H20ClN5S/c1-3-18(4-2)12-16-10(13)15-11(17-12)14-9-6-5-7-19-8-9/h9H,3-8H2,1-2H3,(H,14,15,16,17). The summed E-state index contributed by atoms with van der Waals surface area (Å²) >= 11 is 7.96. The molecule has 1 aromatic rings. The maximum Gasteiger partial charge on any atom is 0.231 e. The molecule has 5 nitrogen and oxygen atoms in total. The maximum absolute atomic E-state index is 5.99. The predicted molar refractivity (Wildman–Crippen MR) is 82.4 cm³/mol. The highest BCUT2D eigenvalue weighted by atomic mass is 35.5. The summed E-state index contributed by atoms with van der Waals surface area (Å²) < 4.78 is 0. The Morgan fingerprint density at radius 3 is 2.74 bits per heavy atom. The first-order valence-corrected chi connectivity index (χ1v) is 8.27. The fourth-order valence-electron chi connectivity index (χ4n) is 2.09. The van der Waals surface area contributed by atoms with E-state index in [2.05, 4.69) is 39.0 Å². The van der Waals surface area contributed by atoms with Crippen molar-refractivity contribution < 1.29 is 0 Å². The smallest absolute Gasteiger partial charge is 0.231 e. The molecule has 0 aliphatic carbocycles. The van der Waals surface area contributed by atoms with Gasteiger partial charge in [-0.2, -0.15) is 26.7 Å². The molecule has 1 aliphatic rings. The number of anilines is 2. The third-order valence-electron chi connectivity index (χ3n) is 3.14. The van der Waals surface area contributed by atoms with Crippen LogP contribution < -0.4 is 10.2 Å². The van der Waals surface area contributed by atoms with E-state index < -0.39 is 0 Å². The molecule has 1 N–H and O–H groups in total. The number of halogens is 1. The van der Waals surface area contributed by atoms with Gasteiger partial charge in [0.05, 0.1) is 0 Å². The van der Waals surface area contributed by atoms with Crippen LogP contribution in [-0.4, -0.2) is 45.6 Å². The summed E-state index contributed by atoms with van der Waals surface area (Å²) in [6, 6.07) is 0.432. The van der Waals surface area contributed by atoms with Crippen LogP contribution in [0.25, 0.3) is 0 Å². The fourth-order valence-corrected chi connectivity index (χ4v) is 3.32. The molecule has 7 heteroatoms. The second kappa shape index (κ2) is 7.14. The van der Waals surface area contributed by atoms with Gasteiger partial charge in [0.25, 0.3) is 0 Å². The SMILES string of the molecule is CCN(CC)c1nc(Cl)nc(NC2CCCSC2)n1. The van der Waals surface area contributed by atoms with E-state index in [0.717, 1.165) is 25.3 Å². The van der Waals surface area contributed by atoms with Crippen LogP contribution >= 0.6 is 23.4 Å². The zero-order chi connectivity index (χ0) is 13.7. The normalized spacial score (nSPS) is 19.2. The molecule has 1 aliphatic heterocycles. The van der Waals surface area contributed by atoms with E-state index >= 15 is 0 Å². The number of rotatable bonds is 5. The van der Waals surface area contributed by atoms with E-state index in [9.17, 15) is 0 Å². The Morgan fingerprint density at radius 1 is 1.32 bits per heavy atom. The summed E-state index contributed by atoms with van der Waals surface area (Å²) in [5, 5.41) is 3.62. The molecule has 2 heterocycles. The average Bonchev–Trinajstić information content (AvgIpc) is 2.40. The second-order valence-corrected chi connectivity index (χ2v) is 5.95. The third-order valence-corrected chi connectivity index (χ3v) is 4.52. The molecule has 1 unspecified atom stereocenters. The molecule has 19 heavy (non-hydrogen) atoms. The minimum Gasteiger partial charge on any atom is -0.350 e. The van der Waals surface area contributed by atoms with Gasteiger partial charge in [-0.1, -0.05) is 0 Å². The van der Waals surface area contributed by atoms with Crippen molar-refractivity contribution in [2.24, 2.45) is 0 Å². The molecule has 0 aromatic carbocycles. The summed E-state index contributed by atoms with van der Waals surface area (Å²) in [6.07, 6.45) is 2.40. The molecule has 0 bridgehead atoms. The highest BCUT2D eigenvalue weighted by molar-refractivity contribution is 7.99. The Bertz CT molecular complexity index is 407. The molecule has 0 amide bonds. The van der Waals surface area contributed by atoms with Crippen LogP contribution in [0.4, 0.5) is 11.9 Å². The molecule has 1 aromatic heterocycles. The average molecular weight is 302 g/mol. The number of nitrogens with one attached hydrogen (secondary N) is 1. The highest BCUT2D eigenvalue weighted by Crippen LogP contribution is 2.21. The molecule has 106 valence electrons. The lowest BCUT2D eigenvalue weighted by Gasteiger charge is -2.23. The highest BCUT2D eigenvalue weighted by Gasteiger charge is 2.16. The largest absolute Gasteiger partial charge is 0.350 e. The molecule has 0 spiro atoms. The van der Waals surface area contributed by atoms with Crippen LogP contribution in [-0.2, 0) is 0 Å². The van der Waals surface area contributed by atoms with E-state index in [1.54, 1.807) is 0 Å². The topological polar surface area (TPSA) is 53.9 Å². The molecule has 1 atom stereocenters. The maximum atomic E-state index is 5.99. The van der Waals surface area contributed by atoms with Crippen molar-refractivity contribution >= 4 is 35.3 Å². The van der Waals surface area contributed by atoms with Gasteiger partial charge >= 0.3 is 0 Å². The Morgan fingerprint density at radius 2 is 2.11 bits per heavy atom. The number of nitrogens with zero attached hydrogens (tertiary/aromatic N) is 4. The van der Waals surface area contributed by atoms with E-state index in [0.29, 0.717) is 17.9 Å². The van der Waals surface area contributed by atoms with Crippen LogP contribution in [0.1, 0.15) is 26.7 Å². The molecular formula is C12H20ClN5S. The Hall–Kier alpha value is -0.750. The lowest BCUT2D eigenvalue weighted by Crippen LogP contribution is -2.28. The lowest BCUT2D eigenvalue weighted by molar-refractivity contribution is 0.677. The van der Waals surface area contributed by atoms with Crippen molar-refractivity contribution in [2.75, 3.05) is 34.8 Å². The molecule has 0 saturated carbocycles. The van der Waals surface area contributed by atoms with Crippen LogP contribution in [0, 0.1) is 0 Å². The van der Waals surface area contributed by atoms with Crippen molar-refractivity contribution in [3.8, 4) is 0 Å². The molecule has 1 saturated heterocycles. The minimum absolute atomic E-state index is 0.253. The Labute approximate surface area is 123 Å². The molecule has 0 radical (unpaired) electrons. The second-order valence-electron chi connectivity index (χ2n) is 4.46. The number of thioether (sulfide) groups is 1. The van der Waals surface area contributed by atoms with Crippen molar-refractivity contribution in [3.63, 3.8) is 0 Å². The van der Waals surface area contributed by atoms with Gasteiger partial charge in [0.15, 0.2) is 0 Å². The summed E-state index contributed by atoms with van der Waals surface area (Å²) in [4.78, 5) is 14.9. The molecular weight excluding hydrogens is 282 g/mol. The lowest BCUT2D eigenvalue weighted by atomic mass is 10.2. The van der Waals surface area contributed by atoms with Gasteiger partial charge < -0.3 is 10.2 Å². The van der Waals surface area contributed by atoms with Crippen molar-refractivity contribution in [1.82, 2.24) is 15.0 Å². The molecule has 2 rings (SSSR count). The number of hydrogen-bond acceptors (Lipinski definition) is 6. The first kappa shape index (κ1) is 14.7. The van der Waals surface area contributed by atoms with Crippen LogP contribution in [0.15, 0.2) is 0 Å². The first-order chi connectivity index (χ1) is 9.22. The zero-order valence-electron chi connectivity index (χ0n) is 11.4. The Balaban J connectivity index is 2.11. The van der Waals surface area contributed by atoms with Gasteiger partial charge in [0.1, 0.15) is 0 Å². The summed E-state index contributed by atoms with van der Waals surface area (Å²) in [7, 11) is 0. The van der Waals surface area contributed by atoms with Crippen molar-refractivity contribution in [2.45, 2.75) is 32.7 Å². The van der Waals surface area contributed by atoms with Gasteiger partial charge in [0, 0.05) is 24.9 Å². The van der Waals surface area contributed by atoms with Gasteiger partial charge in [-0.05, 0) is 44.0 Å². The third kappa shape index (κ3) is 4.11. The van der Waals surface area contributed by atoms with Crippen molar-refractivity contribution in [1.29, 1.82) is 0 Å². The van der Waals surface area contributed by atoms with Crippen LogP contribution in [0.2, 0.25) is 5.28 Å². The quantitative estimate of drug-likeness (QED) is 0.902. The fraction of sp³-hybridized carbons (Fsp3) is 0.750. The van der Waals surface area contributed by atoms with Crippen LogP contribution in [0.3, 0.4) is 0 Å². The van der Waals surface area contributed by atoms with E-state index in [4.69, 9.17) is 11.6 Å². The van der Waals surface area contributed by atoms with Crippen LogP contribution in [0.5, 0.6) is 0 Å². The monoisotopic (exact) mass is 301 g/mol. The predicted octanol–water partition coefficient (Wildman–Crippen LogP) is 2.68. The number of aromatic nitrogens is 3.